The number of nitrogens with zero attached hydrogens (tertiary/aromatic N) is 5. The highest BCUT2D eigenvalue weighted by Gasteiger charge is 2.21. The molecular formula is C50H29N5. The summed E-state index contributed by atoms with van der Waals surface area (Å²) in [5, 5.41) is 27.2. The monoisotopic (exact) mass is 699 g/mol. The zero-order valence-corrected chi connectivity index (χ0v) is 29.5. The summed E-state index contributed by atoms with van der Waals surface area (Å²) >= 11 is 0. The van der Waals surface area contributed by atoms with Crippen molar-refractivity contribution < 1.29 is 0 Å². The van der Waals surface area contributed by atoms with Crippen LogP contribution in [0.4, 0.5) is 0 Å². The number of para-hydroxylation sites is 5. The topological polar surface area (TPSA) is 62.4 Å². The minimum atomic E-state index is 0.556. The van der Waals surface area contributed by atoms with Gasteiger partial charge in [0.05, 0.1) is 67.7 Å². The van der Waals surface area contributed by atoms with Crippen molar-refractivity contribution in [2.75, 3.05) is 0 Å². The molecule has 0 amide bonds. The van der Waals surface area contributed by atoms with Gasteiger partial charge in [0.15, 0.2) is 0 Å². The molecule has 0 unspecified atom stereocenters. The number of benzene rings is 8. The maximum absolute atomic E-state index is 10.4. The Hall–Kier alpha value is -7.86. The Morgan fingerprint density at radius 2 is 0.855 bits per heavy atom. The van der Waals surface area contributed by atoms with Crippen molar-refractivity contribution in [3.05, 3.63) is 187 Å². The van der Waals surface area contributed by atoms with Gasteiger partial charge in [-0.1, -0.05) is 103 Å². The highest BCUT2D eigenvalue weighted by molar-refractivity contribution is 6.17. The summed E-state index contributed by atoms with van der Waals surface area (Å²) in [7, 11) is 0. The van der Waals surface area contributed by atoms with Crippen LogP contribution in [0.2, 0.25) is 0 Å². The standard InChI is InChI=1S/C50H29N5/c51-30-32-24-25-40-39-15-2-7-18-43(39)53(49(40)28-32)35-27-33(31-52)26-34(29-35)36-12-1-6-17-42(36)54-46-21-10-5-16-41(46)50-47(54)22-11-23-48(50)55-44-19-8-3-13-37(44)38-14-4-9-20-45(38)55/h1-29H. The van der Waals surface area contributed by atoms with Crippen LogP contribution in [-0.2, 0) is 0 Å². The van der Waals surface area contributed by atoms with Crippen LogP contribution in [0.5, 0.6) is 0 Å². The molecule has 3 aromatic heterocycles. The van der Waals surface area contributed by atoms with Gasteiger partial charge < -0.3 is 13.7 Å². The van der Waals surface area contributed by atoms with Crippen LogP contribution in [0.25, 0.3) is 93.6 Å². The van der Waals surface area contributed by atoms with Crippen LogP contribution >= 0.6 is 0 Å². The molecule has 0 spiro atoms. The molecule has 0 saturated carbocycles. The van der Waals surface area contributed by atoms with E-state index in [1.165, 1.54) is 27.2 Å². The van der Waals surface area contributed by atoms with Gasteiger partial charge in [0.2, 0.25) is 0 Å². The molecule has 0 aliphatic rings. The molecule has 55 heavy (non-hydrogen) atoms. The van der Waals surface area contributed by atoms with Crippen molar-refractivity contribution >= 4 is 65.4 Å². The average molecular weight is 700 g/mol. The van der Waals surface area contributed by atoms with Gasteiger partial charge in [-0.3, -0.25) is 0 Å². The SMILES string of the molecule is N#Cc1cc(-c2ccccc2-n2c3ccccc3c3c(-n4c5ccccc5c5ccccc54)cccc32)cc(-n2c3ccccc3c3ccc(C#N)cc32)c1. The first-order chi connectivity index (χ1) is 27.2. The Bertz CT molecular complexity index is 3420. The summed E-state index contributed by atoms with van der Waals surface area (Å²) in [6.07, 6.45) is 0. The lowest BCUT2D eigenvalue weighted by Crippen LogP contribution is -2.00. The smallest absolute Gasteiger partial charge is 0.0992 e. The van der Waals surface area contributed by atoms with Gasteiger partial charge in [-0.2, -0.15) is 10.5 Å². The van der Waals surface area contributed by atoms with E-state index in [1.807, 2.05) is 42.5 Å². The van der Waals surface area contributed by atoms with Gasteiger partial charge in [-0.15, -0.1) is 0 Å². The van der Waals surface area contributed by atoms with E-state index >= 15 is 0 Å². The Labute approximate surface area is 316 Å². The zero-order chi connectivity index (χ0) is 36.6. The Morgan fingerprint density at radius 3 is 1.53 bits per heavy atom. The molecule has 11 rings (SSSR count). The van der Waals surface area contributed by atoms with Crippen molar-refractivity contribution in [2.45, 2.75) is 0 Å². The lowest BCUT2D eigenvalue weighted by molar-refractivity contribution is 1.16. The quantitative estimate of drug-likeness (QED) is 0.184. The number of nitriles is 2. The fourth-order valence-electron chi connectivity index (χ4n) is 8.82. The summed E-state index contributed by atoms with van der Waals surface area (Å²) in [4.78, 5) is 0. The first-order valence-electron chi connectivity index (χ1n) is 18.3. The molecule has 11 aromatic rings. The molecule has 0 aliphatic carbocycles. The van der Waals surface area contributed by atoms with E-state index in [2.05, 4.69) is 159 Å². The molecule has 0 atom stereocenters. The predicted octanol–water partition coefficient (Wildman–Crippen LogP) is 12.4. The van der Waals surface area contributed by atoms with E-state index in [-0.39, 0.29) is 0 Å². The van der Waals surface area contributed by atoms with Gasteiger partial charge in [0.25, 0.3) is 0 Å². The highest BCUT2D eigenvalue weighted by Crippen LogP contribution is 2.42. The molecule has 0 bridgehead atoms. The Balaban J connectivity index is 1.19. The third kappa shape index (κ3) is 4.45. The van der Waals surface area contributed by atoms with E-state index in [1.54, 1.807) is 0 Å². The zero-order valence-electron chi connectivity index (χ0n) is 29.5. The van der Waals surface area contributed by atoms with E-state index in [9.17, 15) is 10.5 Å². The third-order valence-electron chi connectivity index (χ3n) is 11.1. The van der Waals surface area contributed by atoms with Crippen LogP contribution in [0.1, 0.15) is 11.1 Å². The molecule has 0 fully saturated rings. The number of hydrogen-bond acceptors (Lipinski definition) is 2. The molecular weight excluding hydrogens is 671 g/mol. The van der Waals surface area contributed by atoms with Gasteiger partial charge >= 0.3 is 0 Å². The fourth-order valence-corrected chi connectivity index (χ4v) is 8.82. The van der Waals surface area contributed by atoms with Crippen molar-refractivity contribution in [3.63, 3.8) is 0 Å². The van der Waals surface area contributed by atoms with Crippen LogP contribution < -0.4 is 0 Å². The van der Waals surface area contributed by atoms with Crippen LogP contribution in [0.15, 0.2) is 176 Å². The predicted molar refractivity (Wildman–Crippen MR) is 224 cm³/mol. The molecule has 0 radical (unpaired) electrons. The summed E-state index contributed by atoms with van der Waals surface area (Å²) in [5.74, 6) is 0. The van der Waals surface area contributed by atoms with Crippen LogP contribution in [0, 0.1) is 22.7 Å². The highest BCUT2D eigenvalue weighted by atomic mass is 15.0. The second-order valence-corrected chi connectivity index (χ2v) is 14.0. The maximum Gasteiger partial charge on any atom is 0.0992 e. The number of aromatic nitrogens is 3. The first kappa shape index (κ1) is 30.7. The molecule has 0 N–H and O–H groups in total. The molecule has 3 heterocycles. The number of fused-ring (bicyclic) bond motifs is 9. The average Bonchev–Trinajstić information content (AvgIpc) is 3.89. The van der Waals surface area contributed by atoms with E-state index in [0.717, 1.165) is 66.4 Å². The van der Waals surface area contributed by atoms with E-state index in [0.29, 0.717) is 11.1 Å². The molecule has 5 nitrogen and oxygen atoms in total. The Morgan fingerprint density at radius 1 is 0.345 bits per heavy atom. The first-order valence-corrected chi connectivity index (χ1v) is 18.3. The summed E-state index contributed by atoms with van der Waals surface area (Å²) in [5.41, 5.74) is 12.5. The summed E-state index contributed by atoms with van der Waals surface area (Å²) in [6, 6.07) is 66.0. The normalized spacial score (nSPS) is 11.6. The molecule has 254 valence electrons. The van der Waals surface area contributed by atoms with Crippen molar-refractivity contribution in [1.29, 1.82) is 10.5 Å². The number of rotatable bonds is 4. The lowest BCUT2D eigenvalue weighted by atomic mass is 10.00. The number of hydrogen-bond donors (Lipinski definition) is 0. The van der Waals surface area contributed by atoms with Crippen molar-refractivity contribution in [2.24, 2.45) is 0 Å². The van der Waals surface area contributed by atoms with Gasteiger partial charge in [-0.05, 0) is 78.4 Å². The fraction of sp³-hybridized carbons (Fsp3) is 0. The van der Waals surface area contributed by atoms with Gasteiger partial charge in [0.1, 0.15) is 0 Å². The summed E-state index contributed by atoms with van der Waals surface area (Å²) in [6.45, 7) is 0. The van der Waals surface area contributed by atoms with Gasteiger partial charge in [-0.25, -0.2) is 0 Å². The second kappa shape index (κ2) is 11.8. The maximum atomic E-state index is 10.4. The largest absolute Gasteiger partial charge is 0.309 e. The molecule has 8 aromatic carbocycles. The molecule has 0 saturated heterocycles. The molecule has 0 aliphatic heterocycles. The second-order valence-electron chi connectivity index (χ2n) is 14.0. The molecule has 5 heteroatoms. The van der Waals surface area contributed by atoms with E-state index in [4.69, 9.17) is 0 Å². The van der Waals surface area contributed by atoms with Crippen molar-refractivity contribution in [1.82, 2.24) is 13.7 Å². The van der Waals surface area contributed by atoms with Crippen LogP contribution in [0.3, 0.4) is 0 Å². The van der Waals surface area contributed by atoms with Crippen molar-refractivity contribution in [3.8, 4) is 40.3 Å². The van der Waals surface area contributed by atoms with Crippen LogP contribution in [-0.4, -0.2) is 13.7 Å². The minimum absolute atomic E-state index is 0.556. The van der Waals surface area contributed by atoms with E-state index < -0.39 is 0 Å². The summed E-state index contributed by atoms with van der Waals surface area (Å²) < 4.78 is 6.95. The third-order valence-corrected chi connectivity index (χ3v) is 11.1. The van der Waals surface area contributed by atoms with Gasteiger partial charge in [0, 0.05) is 43.6 Å². The Kier molecular flexibility index (Phi) is 6.61. The minimum Gasteiger partial charge on any atom is -0.309 e. The lowest BCUT2D eigenvalue weighted by Gasteiger charge is -2.16.